The number of nitrogens with zero attached hydrogens (tertiary/aromatic N) is 3. The first-order valence-electron chi connectivity index (χ1n) is 9.12. The van der Waals surface area contributed by atoms with Crippen molar-refractivity contribution in [3.05, 3.63) is 67.7 Å². The van der Waals surface area contributed by atoms with E-state index in [0.29, 0.717) is 35.1 Å². The first kappa shape index (κ1) is 21.6. The van der Waals surface area contributed by atoms with Gasteiger partial charge >= 0.3 is 0 Å². The molecule has 30 heavy (non-hydrogen) atoms. The molecule has 10 heteroatoms. The molecule has 1 heterocycles. The van der Waals surface area contributed by atoms with Crippen molar-refractivity contribution in [2.45, 2.75) is 13.8 Å². The minimum absolute atomic E-state index is 0.0970. The zero-order valence-electron chi connectivity index (χ0n) is 16.2. The number of benzene rings is 2. The summed E-state index contributed by atoms with van der Waals surface area (Å²) in [6.07, 6.45) is 1.33. The molecule has 0 bridgehead atoms. The Bertz CT molecular complexity index is 1070. The van der Waals surface area contributed by atoms with E-state index in [1.165, 1.54) is 24.3 Å². The fourth-order valence-electron chi connectivity index (χ4n) is 3.14. The lowest BCUT2D eigenvalue weighted by atomic mass is 10.1. The average Bonchev–Trinajstić information content (AvgIpc) is 3.00. The number of hydrazine groups is 1. The van der Waals surface area contributed by atoms with E-state index < -0.39 is 16.7 Å². The summed E-state index contributed by atoms with van der Waals surface area (Å²) in [6.45, 7) is 5.03. The Morgan fingerprint density at radius 2 is 1.80 bits per heavy atom. The zero-order valence-corrected chi connectivity index (χ0v) is 17.7. The minimum atomic E-state index is -0.624. The normalized spacial score (nSPS) is 14.9. The Kier molecular flexibility index (Phi) is 6.28. The monoisotopic (exact) mass is 448 g/mol. The molecule has 0 radical (unpaired) electrons. The van der Waals surface area contributed by atoms with Gasteiger partial charge in [-0.2, -0.15) is 0 Å². The largest absolute Gasteiger partial charge is 0.367 e. The van der Waals surface area contributed by atoms with Crippen molar-refractivity contribution in [3.8, 4) is 0 Å². The van der Waals surface area contributed by atoms with Crippen molar-refractivity contribution in [1.82, 2.24) is 5.43 Å². The lowest BCUT2D eigenvalue weighted by molar-refractivity contribution is -0.384. The van der Waals surface area contributed by atoms with Gasteiger partial charge in [0.2, 0.25) is 0 Å². The van der Waals surface area contributed by atoms with Gasteiger partial charge in [0, 0.05) is 19.2 Å². The van der Waals surface area contributed by atoms with E-state index in [1.807, 2.05) is 18.7 Å². The highest BCUT2D eigenvalue weighted by Gasteiger charge is 2.35. The van der Waals surface area contributed by atoms with Crippen LogP contribution in [0.1, 0.15) is 19.4 Å². The molecule has 1 aliphatic heterocycles. The molecule has 1 N–H and O–H groups in total. The van der Waals surface area contributed by atoms with Gasteiger partial charge in [-0.3, -0.25) is 25.1 Å². The molecule has 8 nitrogen and oxygen atoms in total. The quantitative estimate of drug-likeness (QED) is 0.309. The molecule has 0 aromatic heterocycles. The summed E-state index contributed by atoms with van der Waals surface area (Å²) in [7, 11) is 0. The maximum absolute atomic E-state index is 12.8. The summed E-state index contributed by atoms with van der Waals surface area (Å²) in [5.74, 6) is -1.23. The predicted molar refractivity (Wildman–Crippen MR) is 117 cm³/mol. The fraction of sp³-hybridized carbons (Fsp3) is 0.200. The topological polar surface area (TPSA) is 95.8 Å². The van der Waals surface area contributed by atoms with Crippen LogP contribution in [-0.4, -0.2) is 29.8 Å². The predicted octanol–water partition coefficient (Wildman–Crippen LogP) is 4.21. The molecule has 156 valence electrons. The molecular formula is C20H18Cl2N4O4. The number of carbonyl (C=O) groups excluding carboxylic acids is 2. The van der Waals surface area contributed by atoms with Crippen LogP contribution in [0.5, 0.6) is 0 Å². The van der Waals surface area contributed by atoms with Gasteiger partial charge < -0.3 is 4.90 Å². The minimum Gasteiger partial charge on any atom is -0.367 e. The molecule has 0 unspecified atom stereocenters. The maximum atomic E-state index is 12.8. The van der Waals surface area contributed by atoms with Crippen molar-refractivity contribution in [3.63, 3.8) is 0 Å². The summed E-state index contributed by atoms with van der Waals surface area (Å²) >= 11 is 11.9. The summed E-state index contributed by atoms with van der Waals surface area (Å²) in [5, 5.41) is 13.2. The Labute approximate surface area is 182 Å². The van der Waals surface area contributed by atoms with E-state index in [0.717, 1.165) is 5.01 Å². The van der Waals surface area contributed by atoms with Crippen molar-refractivity contribution < 1.29 is 14.5 Å². The van der Waals surface area contributed by atoms with Crippen LogP contribution in [0.4, 0.5) is 17.1 Å². The lowest BCUT2D eigenvalue weighted by Crippen LogP contribution is -2.35. The number of nitro benzene ring substituents is 1. The van der Waals surface area contributed by atoms with E-state index in [4.69, 9.17) is 23.2 Å². The molecule has 0 aliphatic carbocycles. The second kappa shape index (κ2) is 8.73. The number of anilines is 2. The maximum Gasteiger partial charge on any atom is 0.293 e. The molecule has 2 aromatic carbocycles. The molecule has 1 aliphatic rings. The van der Waals surface area contributed by atoms with E-state index in [9.17, 15) is 19.7 Å². The van der Waals surface area contributed by atoms with E-state index >= 15 is 0 Å². The number of nitrogens with one attached hydrogen (secondary N) is 1. The van der Waals surface area contributed by atoms with E-state index in [1.54, 1.807) is 18.2 Å². The zero-order chi connectivity index (χ0) is 22.0. The van der Waals surface area contributed by atoms with Crippen molar-refractivity contribution in [1.29, 1.82) is 0 Å². The van der Waals surface area contributed by atoms with Gasteiger partial charge in [-0.1, -0.05) is 29.3 Å². The molecule has 1 fully saturated rings. The highest BCUT2D eigenvalue weighted by atomic mass is 35.5. The first-order valence-corrected chi connectivity index (χ1v) is 9.88. The van der Waals surface area contributed by atoms with Crippen molar-refractivity contribution >= 4 is 58.2 Å². The number of rotatable bonds is 6. The molecular weight excluding hydrogens is 431 g/mol. The average molecular weight is 449 g/mol. The third-order valence-corrected chi connectivity index (χ3v) is 5.40. The molecule has 0 saturated carbocycles. The number of hydrogen-bond acceptors (Lipinski definition) is 5. The third-order valence-electron chi connectivity index (χ3n) is 4.66. The fourth-order valence-corrected chi connectivity index (χ4v) is 3.43. The first-order chi connectivity index (χ1) is 14.3. The van der Waals surface area contributed by atoms with Gasteiger partial charge in [0.25, 0.3) is 17.5 Å². The van der Waals surface area contributed by atoms with Crippen LogP contribution in [-0.2, 0) is 9.59 Å². The van der Waals surface area contributed by atoms with Crippen LogP contribution in [0.15, 0.2) is 42.0 Å². The van der Waals surface area contributed by atoms with Gasteiger partial charge in [0.1, 0.15) is 11.3 Å². The highest BCUT2D eigenvalue weighted by molar-refractivity contribution is 6.42. The molecule has 2 amide bonds. The van der Waals surface area contributed by atoms with Crippen LogP contribution in [0.2, 0.25) is 10.0 Å². The second-order valence-electron chi connectivity index (χ2n) is 6.42. The van der Waals surface area contributed by atoms with Crippen LogP contribution < -0.4 is 15.3 Å². The smallest absolute Gasteiger partial charge is 0.293 e. The van der Waals surface area contributed by atoms with Gasteiger partial charge in [0.05, 0.1) is 20.7 Å². The van der Waals surface area contributed by atoms with Gasteiger partial charge in [0.15, 0.2) is 0 Å². The molecule has 3 rings (SSSR count). The Hall–Kier alpha value is -3.10. The van der Waals surface area contributed by atoms with Crippen molar-refractivity contribution in [2.75, 3.05) is 23.0 Å². The van der Waals surface area contributed by atoms with E-state index in [2.05, 4.69) is 5.43 Å². The number of nitro groups is 1. The van der Waals surface area contributed by atoms with Gasteiger partial charge in [-0.15, -0.1) is 0 Å². The summed E-state index contributed by atoms with van der Waals surface area (Å²) in [5.41, 5.74) is 3.40. The summed E-state index contributed by atoms with van der Waals surface area (Å²) in [6, 6.07) is 9.11. The van der Waals surface area contributed by atoms with Crippen LogP contribution in [0.3, 0.4) is 0 Å². The molecule has 1 saturated heterocycles. The SMILES string of the molecule is CCN(CC)c1ccc(/C=C2/C(=O)NN(c3ccc(Cl)c(Cl)c3)C2=O)cc1[N+](=O)[O-]. The summed E-state index contributed by atoms with van der Waals surface area (Å²) in [4.78, 5) is 38.1. The second-order valence-corrected chi connectivity index (χ2v) is 7.23. The number of halogens is 2. The van der Waals surface area contributed by atoms with E-state index in [-0.39, 0.29) is 16.3 Å². The molecule has 0 atom stereocenters. The molecule has 2 aromatic rings. The van der Waals surface area contributed by atoms with Gasteiger partial charge in [-0.05, 0) is 49.8 Å². The highest BCUT2D eigenvalue weighted by Crippen LogP contribution is 2.32. The Morgan fingerprint density at radius 1 is 1.10 bits per heavy atom. The van der Waals surface area contributed by atoms with Gasteiger partial charge in [-0.25, -0.2) is 5.01 Å². The number of amides is 2. The van der Waals surface area contributed by atoms with Crippen molar-refractivity contribution in [2.24, 2.45) is 0 Å². The lowest BCUT2D eigenvalue weighted by Gasteiger charge is -2.20. The Morgan fingerprint density at radius 3 is 2.40 bits per heavy atom. The Balaban J connectivity index is 1.97. The van der Waals surface area contributed by atoms with Crippen LogP contribution in [0, 0.1) is 10.1 Å². The van der Waals surface area contributed by atoms with Crippen LogP contribution >= 0.6 is 23.2 Å². The standard InChI is InChI=1S/C20H18Cl2N4O4/c1-3-24(4-2)17-8-5-12(10-18(17)26(29)30)9-14-19(27)23-25(20(14)28)13-6-7-15(21)16(22)11-13/h5-11H,3-4H2,1-2H3,(H,23,27)/b14-9-. The number of hydrogen-bond donors (Lipinski definition) is 1. The third kappa shape index (κ3) is 4.10. The summed E-state index contributed by atoms with van der Waals surface area (Å²) < 4.78 is 0. The molecule has 0 spiro atoms. The van der Waals surface area contributed by atoms with Crippen LogP contribution in [0.25, 0.3) is 6.08 Å². The number of carbonyl (C=O) groups is 2.